The minimum Gasteiger partial charge on any atom is -0.507 e. The maximum absolute atomic E-state index is 11.7. The molecular formula is C16H14O2S. The number of ketones is 1. The third kappa shape index (κ3) is 4.30. The molecule has 0 saturated heterocycles. The molecule has 2 aromatic carbocycles. The van der Waals surface area contributed by atoms with Gasteiger partial charge in [0.25, 0.3) is 0 Å². The second-order valence-electron chi connectivity index (χ2n) is 3.96. The fourth-order valence-corrected chi connectivity index (χ4v) is 2.30. The molecule has 0 aliphatic heterocycles. The standard InChI is InChI=1S/C16H14O2S/c17-14(12-19-15-9-5-2-6-10-15)11-16(18)13-7-3-1-4-8-13/h1-11,18H,12H2. The van der Waals surface area contributed by atoms with Crippen LogP contribution >= 0.6 is 11.8 Å². The van der Waals surface area contributed by atoms with Gasteiger partial charge in [-0.05, 0) is 12.1 Å². The first-order valence-electron chi connectivity index (χ1n) is 5.92. The van der Waals surface area contributed by atoms with E-state index in [2.05, 4.69) is 0 Å². The first kappa shape index (κ1) is 13.4. The van der Waals surface area contributed by atoms with Gasteiger partial charge in [0.05, 0.1) is 5.75 Å². The summed E-state index contributed by atoms with van der Waals surface area (Å²) in [7, 11) is 0. The van der Waals surface area contributed by atoms with E-state index in [4.69, 9.17) is 0 Å². The Morgan fingerprint density at radius 3 is 2.21 bits per heavy atom. The van der Waals surface area contributed by atoms with Gasteiger partial charge in [0.15, 0.2) is 5.78 Å². The third-order valence-electron chi connectivity index (χ3n) is 2.49. The van der Waals surface area contributed by atoms with Crippen LogP contribution in [0.2, 0.25) is 0 Å². The predicted molar refractivity (Wildman–Crippen MR) is 79.2 cm³/mol. The molecule has 0 radical (unpaired) electrons. The largest absolute Gasteiger partial charge is 0.507 e. The van der Waals surface area contributed by atoms with Gasteiger partial charge >= 0.3 is 0 Å². The van der Waals surface area contributed by atoms with E-state index >= 15 is 0 Å². The van der Waals surface area contributed by atoms with Crippen molar-refractivity contribution in [3.05, 3.63) is 72.3 Å². The van der Waals surface area contributed by atoms with Crippen molar-refractivity contribution in [1.82, 2.24) is 0 Å². The fourth-order valence-electron chi connectivity index (χ4n) is 1.56. The lowest BCUT2D eigenvalue weighted by Gasteiger charge is -2.00. The van der Waals surface area contributed by atoms with Crippen molar-refractivity contribution in [2.75, 3.05) is 5.75 Å². The van der Waals surface area contributed by atoms with Crippen molar-refractivity contribution >= 4 is 23.3 Å². The summed E-state index contributed by atoms with van der Waals surface area (Å²) in [4.78, 5) is 12.8. The second kappa shape index (κ2) is 6.81. The highest BCUT2D eigenvalue weighted by Crippen LogP contribution is 2.18. The quantitative estimate of drug-likeness (QED) is 0.508. The lowest BCUT2D eigenvalue weighted by Crippen LogP contribution is -1.98. The van der Waals surface area contributed by atoms with Gasteiger partial charge in [0.1, 0.15) is 5.76 Å². The third-order valence-corrected chi connectivity index (χ3v) is 3.53. The highest BCUT2D eigenvalue weighted by Gasteiger charge is 2.04. The number of carbonyl (C=O) groups is 1. The Labute approximate surface area is 116 Å². The molecule has 0 aliphatic rings. The number of rotatable bonds is 5. The van der Waals surface area contributed by atoms with Crippen LogP contribution in [-0.2, 0) is 4.79 Å². The Morgan fingerprint density at radius 1 is 1.00 bits per heavy atom. The van der Waals surface area contributed by atoms with E-state index in [1.54, 1.807) is 12.1 Å². The van der Waals surface area contributed by atoms with Crippen molar-refractivity contribution in [3.63, 3.8) is 0 Å². The van der Waals surface area contributed by atoms with Gasteiger partial charge in [-0.1, -0.05) is 48.5 Å². The molecule has 1 N–H and O–H groups in total. The Balaban J connectivity index is 1.94. The number of hydrogen-bond donors (Lipinski definition) is 1. The number of hydrogen-bond acceptors (Lipinski definition) is 3. The molecule has 0 saturated carbocycles. The molecular weight excluding hydrogens is 256 g/mol. The molecule has 0 bridgehead atoms. The second-order valence-corrected chi connectivity index (χ2v) is 5.01. The van der Waals surface area contributed by atoms with Gasteiger partial charge in [-0.25, -0.2) is 0 Å². The average molecular weight is 270 g/mol. The summed E-state index contributed by atoms with van der Waals surface area (Å²) < 4.78 is 0. The number of carbonyl (C=O) groups excluding carboxylic acids is 1. The monoisotopic (exact) mass is 270 g/mol. The Bertz CT molecular complexity index is 562. The summed E-state index contributed by atoms with van der Waals surface area (Å²) in [5.74, 6) is 0.232. The van der Waals surface area contributed by atoms with Crippen LogP contribution in [0, 0.1) is 0 Å². The zero-order chi connectivity index (χ0) is 13.5. The lowest BCUT2D eigenvalue weighted by molar-refractivity contribution is -0.112. The van der Waals surface area contributed by atoms with Crippen LogP contribution in [0.1, 0.15) is 5.56 Å². The Hall–Kier alpha value is -2.00. The summed E-state index contributed by atoms with van der Waals surface area (Å²) in [6, 6.07) is 18.8. The number of allylic oxidation sites excluding steroid dienone is 1. The van der Waals surface area contributed by atoms with Gasteiger partial charge in [-0.15, -0.1) is 11.8 Å². The van der Waals surface area contributed by atoms with Crippen LogP contribution in [0.4, 0.5) is 0 Å². The molecule has 0 aliphatic carbocycles. The maximum Gasteiger partial charge on any atom is 0.169 e. The van der Waals surface area contributed by atoms with Crippen LogP contribution in [0.25, 0.3) is 5.76 Å². The van der Waals surface area contributed by atoms with Crippen molar-refractivity contribution < 1.29 is 9.90 Å². The summed E-state index contributed by atoms with van der Waals surface area (Å²) in [6.07, 6.45) is 1.28. The number of aliphatic hydroxyl groups is 1. The lowest BCUT2D eigenvalue weighted by atomic mass is 10.1. The molecule has 0 unspecified atom stereocenters. The molecule has 0 aromatic heterocycles. The molecule has 2 rings (SSSR count). The zero-order valence-corrected chi connectivity index (χ0v) is 11.1. The highest BCUT2D eigenvalue weighted by atomic mass is 32.2. The van der Waals surface area contributed by atoms with Crippen molar-refractivity contribution in [1.29, 1.82) is 0 Å². The molecule has 96 valence electrons. The molecule has 0 atom stereocenters. The SMILES string of the molecule is O=C(C=C(O)c1ccccc1)CSc1ccccc1. The van der Waals surface area contributed by atoms with Gasteiger partial charge < -0.3 is 5.11 Å². The Kier molecular flexibility index (Phi) is 4.81. The van der Waals surface area contributed by atoms with Gasteiger partial charge in [0.2, 0.25) is 0 Å². The molecule has 2 aromatic rings. The predicted octanol–water partition coefficient (Wildman–Crippen LogP) is 3.95. The first-order chi connectivity index (χ1) is 9.25. The maximum atomic E-state index is 11.7. The number of benzene rings is 2. The van der Waals surface area contributed by atoms with E-state index in [9.17, 15) is 9.90 Å². The fraction of sp³-hybridized carbons (Fsp3) is 0.0625. The Morgan fingerprint density at radius 2 is 1.58 bits per heavy atom. The van der Waals surface area contributed by atoms with Crippen molar-refractivity contribution in [2.45, 2.75) is 4.90 Å². The van der Waals surface area contributed by atoms with Crippen LogP contribution in [0.15, 0.2) is 71.6 Å². The van der Waals surface area contributed by atoms with E-state index in [0.29, 0.717) is 11.3 Å². The first-order valence-corrected chi connectivity index (χ1v) is 6.91. The topological polar surface area (TPSA) is 37.3 Å². The molecule has 0 fully saturated rings. The van der Waals surface area contributed by atoms with Gasteiger partial charge in [-0.2, -0.15) is 0 Å². The minimum atomic E-state index is -0.102. The van der Waals surface area contributed by atoms with Crippen LogP contribution in [0.3, 0.4) is 0 Å². The summed E-state index contributed by atoms with van der Waals surface area (Å²) in [6.45, 7) is 0. The van der Waals surface area contributed by atoms with E-state index in [0.717, 1.165) is 4.90 Å². The van der Waals surface area contributed by atoms with Crippen molar-refractivity contribution in [2.24, 2.45) is 0 Å². The van der Waals surface area contributed by atoms with Crippen LogP contribution in [0.5, 0.6) is 0 Å². The van der Waals surface area contributed by atoms with E-state index in [1.807, 2.05) is 48.5 Å². The number of thioether (sulfide) groups is 1. The van der Waals surface area contributed by atoms with Gasteiger partial charge in [0, 0.05) is 16.5 Å². The summed E-state index contributed by atoms with van der Waals surface area (Å²) >= 11 is 1.46. The molecule has 2 nitrogen and oxygen atoms in total. The smallest absolute Gasteiger partial charge is 0.169 e. The van der Waals surface area contributed by atoms with Crippen molar-refractivity contribution in [3.8, 4) is 0 Å². The molecule has 0 spiro atoms. The summed E-state index contributed by atoms with van der Waals surface area (Å²) in [5, 5.41) is 9.82. The minimum absolute atomic E-state index is 0.0132. The number of aliphatic hydroxyl groups excluding tert-OH is 1. The molecule has 19 heavy (non-hydrogen) atoms. The van der Waals surface area contributed by atoms with Crippen LogP contribution in [-0.4, -0.2) is 16.6 Å². The van der Waals surface area contributed by atoms with Gasteiger partial charge in [-0.3, -0.25) is 4.79 Å². The van der Waals surface area contributed by atoms with E-state index < -0.39 is 0 Å². The van der Waals surface area contributed by atoms with E-state index in [-0.39, 0.29) is 11.5 Å². The normalized spacial score (nSPS) is 11.3. The molecule has 0 heterocycles. The van der Waals surface area contributed by atoms with Crippen LogP contribution < -0.4 is 0 Å². The zero-order valence-electron chi connectivity index (χ0n) is 10.3. The van der Waals surface area contributed by atoms with E-state index in [1.165, 1.54) is 17.8 Å². The molecule has 0 amide bonds. The average Bonchev–Trinajstić information content (AvgIpc) is 2.47. The highest BCUT2D eigenvalue weighted by molar-refractivity contribution is 8.00. The summed E-state index contributed by atoms with van der Waals surface area (Å²) in [5.41, 5.74) is 0.653. The molecule has 3 heteroatoms.